The number of nitro benzene ring substituents is 1. The van der Waals surface area contributed by atoms with Crippen LogP contribution >= 0.6 is 0 Å². The number of ether oxygens (including phenoxy) is 1. The first kappa shape index (κ1) is 18.2. The molecule has 0 aromatic heterocycles. The van der Waals surface area contributed by atoms with E-state index in [2.05, 4.69) is 5.32 Å². The van der Waals surface area contributed by atoms with Crippen LogP contribution in [0.25, 0.3) is 0 Å². The van der Waals surface area contributed by atoms with Gasteiger partial charge in [-0.2, -0.15) is 0 Å². The van der Waals surface area contributed by atoms with Crippen LogP contribution in [-0.4, -0.2) is 37.6 Å². The number of nitrogens with zero attached hydrogens (tertiary/aromatic N) is 1. The predicted molar refractivity (Wildman–Crippen MR) is 91.7 cm³/mol. The maximum Gasteiger partial charge on any atom is 0.311 e. The van der Waals surface area contributed by atoms with Gasteiger partial charge in [-0.3, -0.25) is 14.9 Å². The van der Waals surface area contributed by atoms with Crippen LogP contribution in [0.3, 0.4) is 0 Å². The van der Waals surface area contributed by atoms with Crippen molar-refractivity contribution in [3.8, 4) is 5.75 Å². The van der Waals surface area contributed by atoms with Crippen molar-refractivity contribution in [2.24, 2.45) is 0 Å². The average Bonchev–Trinajstić information content (AvgIpc) is 2.51. The zero-order valence-electron chi connectivity index (χ0n) is 14.4. The lowest BCUT2D eigenvalue weighted by atomic mass is 10.1. The first-order chi connectivity index (χ1) is 11.5. The molecule has 0 saturated carbocycles. The van der Waals surface area contributed by atoms with Crippen LogP contribution in [0.2, 0.25) is 0 Å². The molecular formula is C17H26N3O4+. The highest BCUT2D eigenvalue weighted by molar-refractivity contribution is 5.92. The maximum absolute atomic E-state index is 12.3. The molecule has 132 valence electrons. The number of anilines is 1. The number of carbonyl (C=O) groups is 1. The van der Waals surface area contributed by atoms with Gasteiger partial charge in [-0.25, -0.2) is 0 Å². The number of benzene rings is 1. The van der Waals surface area contributed by atoms with Crippen molar-refractivity contribution in [1.82, 2.24) is 0 Å². The van der Waals surface area contributed by atoms with Gasteiger partial charge < -0.3 is 15.0 Å². The minimum Gasteiger partial charge on any atom is -0.490 e. The summed E-state index contributed by atoms with van der Waals surface area (Å²) in [6, 6.07) is 2.95. The summed E-state index contributed by atoms with van der Waals surface area (Å²) in [5.41, 5.74) is 1.12. The molecule has 0 radical (unpaired) electrons. The fourth-order valence-corrected chi connectivity index (χ4v) is 3.12. The van der Waals surface area contributed by atoms with E-state index in [9.17, 15) is 14.9 Å². The van der Waals surface area contributed by atoms with Gasteiger partial charge in [0.2, 0.25) is 0 Å². The summed E-state index contributed by atoms with van der Waals surface area (Å²) in [4.78, 5) is 24.2. The van der Waals surface area contributed by atoms with Crippen LogP contribution in [0.15, 0.2) is 12.1 Å². The number of hydrogen-bond acceptors (Lipinski definition) is 4. The molecule has 2 rings (SSSR count). The van der Waals surface area contributed by atoms with Crippen molar-refractivity contribution in [2.45, 2.75) is 39.0 Å². The minimum absolute atomic E-state index is 0.0652. The van der Waals surface area contributed by atoms with Crippen molar-refractivity contribution in [2.75, 3.05) is 32.1 Å². The van der Waals surface area contributed by atoms with E-state index in [0.29, 0.717) is 17.8 Å². The largest absolute Gasteiger partial charge is 0.490 e. The number of quaternary nitrogens is 1. The zero-order valence-corrected chi connectivity index (χ0v) is 14.4. The highest BCUT2D eigenvalue weighted by Crippen LogP contribution is 2.32. The molecule has 0 bridgehead atoms. The number of nitro groups is 1. The van der Waals surface area contributed by atoms with Crippen molar-refractivity contribution >= 4 is 17.3 Å². The first-order valence-corrected chi connectivity index (χ1v) is 8.47. The number of hydrogen-bond donors (Lipinski definition) is 2. The Kier molecular flexibility index (Phi) is 6.54. The Morgan fingerprint density at radius 3 is 2.46 bits per heavy atom. The van der Waals surface area contributed by atoms with Gasteiger partial charge in [-0.1, -0.05) is 6.42 Å². The minimum atomic E-state index is -0.484. The molecule has 1 aromatic rings. The molecule has 1 amide bonds. The SMILES string of the molecule is COc1cc(NC(=O)C[NH+]2CCCCCCC2)c(C)cc1[N+](=O)[O-]. The van der Waals surface area contributed by atoms with Crippen molar-refractivity contribution in [3.63, 3.8) is 0 Å². The number of rotatable bonds is 5. The fraction of sp³-hybridized carbons (Fsp3) is 0.588. The van der Waals surface area contributed by atoms with Gasteiger partial charge in [0.25, 0.3) is 5.91 Å². The maximum atomic E-state index is 12.3. The lowest BCUT2D eigenvalue weighted by Gasteiger charge is -2.21. The number of amides is 1. The van der Waals surface area contributed by atoms with E-state index in [4.69, 9.17) is 4.74 Å². The van der Waals surface area contributed by atoms with Gasteiger partial charge in [-0.05, 0) is 38.2 Å². The third kappa shape index (κ3) is 4.92. The molecule has 0 aliphatic carbocycles. The molecule has 24 heavy (non-hydrogen) atoms. The smallest absolute Gasteiger partial charge is 0.311 e. The molecule has 0 unspecified atom stereocenters. The normalized spacial score (nSPS) is 16.1. The second-order valence-electron chi connectivity index (χ2n) is 6.34. The van der Waals surface area contributed by atoms with Crippen LogP contribution < -0.4 is 15.0 Å². The fourth-order valence-electron chi connectivity index (χ4n) is 3.12. The van der Waals surface area contributed by atoms with Crippen LogP contribution in [0, 0.1) is 17.0 Å². The molecule has 2 N–H and O–H groups in total. The van der Waals surface area contributed by atoms with Crippen LogP contribution in [0.4, 0.5) is 11.4 Å². The summed E-state index contributed by atoms with van der Waals surface area (Å²) in [6.45, 7) is 4.22. The van der Waals surface area contributed by atoms with Crippen molar-refractivity contribution < 1.29 is 19.4 Å². The molecular weight excluding hydrogens is 310 g/mol. The Morgan fingerprint density at radius 2 is 1.88 bits per heavy atom. The predicted octanol–water partition coefficient (Wildman–Crippen LogP) is 1.70. The molecule has 7 heteroatoms. The number of aryl methyl sites for hydroxylation is 1. The van der Waals surface area contributed by atoms with E-state index in [1.54, 1.807) is 6.92 Å². The summed E-state index contributed by atoms with van der Waals surface area (Å²) in [5.74, 6) is 0.0871. The summed E-state index contributed by atoms with van der Waals surface area (Å²) in [6.07, 6.45) is 6.09. The monoisotopic (exact) mass is 336 g/mol. The third-order valence-corrected chi connectivity index (χ3v) is 4.47. The molecule has 1 aromatic carbocycles. The quantitative estimate of drug-likeness (QED) is 0.633. The highest BCUT2D eigenvalue weighted by atomic mass is 16.6. The van der Waals surface area contributed by atoms with Crippen LogP contribution in [0.5, 0.6) is 5.75 Å². The second-order valence-corrected chi connectivity index (χ2v) is 6.34. The Labute approximate surface area is 142 Å². The summed E-state index contributed by atoms with van der Waals surface area (Å²) in [7, 11) is 1.38. The Balaban J connectivity index is 2.03. The lowest BCUT2D eigenvalue weighted by Crippen LogP contribution is -3.13. The molecule has 7 nitrogen and oxygen atoms in total. The van der Waals surface area contributed by atoms with Gasteiger partial charge in [-0.15, -0.1) is 0 Å². The molecule has 1 fully saturated rings. The van der Waals surface area contributed by atoms with E-state index in [1.807, 2.05) is 0 Å². The van der Waals surface area contributed by atoms with Crippen molar-refractivity contribution in [1.29, 1.82) is 0 Å². The van der Waals surface area contributed by atoms with Crippen LogP contribution in [0.1, 0.15) is 37.7 Å². The molecule has 1 saturated heterocycles. The van der Waals surface area contributed by atoms with Gasteiger partial charge in [0.1, 0.15) is 0 Å². The van der Waals surface area contributed by atoms with Crippen LogP contribution in [-0.2, 0) is 4.79 Å². The first-order valence-electron chi connectivity index (χ1n) is 8.47. The van der Waals surface area contributed by atoms with Gasteiger partial charge in [0, 0.05) is 17.8 Å². The lowest BCUT2D eigenvalue weighted by molar-refractivity contribution is -0.892. The molecule has 1 aliphatic heterocycles. The average molecular weight is 336 g/mol. The summed E-state index contributed by atoms with van der Waals surface area (Å²) >= 11 is 0. The summed E-state index contributed by atoms with van der Waals surface area (Å²) in [5, 5.41) is 13.9. The van der Waals surface area contributed by atoms with Gasteiger partial charge in [0.05, 0.1) is 25.1 Å². The summed E-state index contributed by atoms with van der Waals surface area (Å²) < 4.78 is 5.07. The third-order valence-electron chi connectivity index (χ3n) is 4.47. The number of carbonyl (C=O) groups excluding carboxylic acids is 1. The number of methoxy groups -OCH3 is 1. The molecule has 1 aliphatic rings. The van der Waals surface area contributed by atoms with E-state index < -0.39 is 4.92 Å². The van der Waals surface area contributed by atoms with E-state index in [0.717, 1.165) is 25.9 Å². The number of likely N-dealkylation sites (tertiary alicyclic amines) is 1. The zero-order chi connectivity index (χ0) is 17.5. The van der Waals surface area contributed by atoms with E-state index >= 15 is 0 Å². The van der Waals surface area contributed by atoms with Gasteiger partial charge in [0.15, 0.2) is 12.3 Å². The molecule has 0 spiro atoms. The number of nitrogens with one attached hydrogen (secondary N) is 2. The van der Waals surface area contributed by atoms with Gasteiger partial charge >= 0.3 is 5.69 Å². The molecule has 0 atom stereocenters. The second kappa shape index (κ2) is 8.63. The van der Waals surface area contributed by atoms with Crippen molar-refractivity contribution in [3.05, 3.63) is 27.8 Å². The highest BCUT2D eigenvalue weighted by Gasteiger charge is 2.20. The van der Waals surface area contributed by atoms with E-state index in [-0.39, 0.29) is 17.3 Å². The molecule has 1 heterocycles. The van der Waals surface area contributed by atoms with E-state index in [1.165, 1.54) is 43.4 Å². The standard InChI is InChI=1S/C17H25N3O4/c1-13-10-15(20(22)23)16(24-2)11-14(13)18-17(21)12-19-8-6-4-3-5-7-9-19/h10-11H,3-9,12H2,1-2H3,(H,18,21)/p+1. The Morgan fingerprint density at radius 1 is 1.25 bits per heavy atom. The Bertz CT molecular complexity index is 596. The Hall–Kier alpha value is -2.15. The topological polar surface area (TPSA) is 85.9 Å².